The molecular weight excluding hydrogens is 350 g/mol. The first-order chi connectivity index (χ1) is 13.8. The van der Waals surface area contributed by atoms with Gasteiger partial charge >= 0.3 is 0 Å². The Balaban J connectivity index is 1.53. The number of hydrogen-bond donors (Lipinski definition) is 0. The summed E-state index contributed by atoms with van der Waals surface area (Å²) in [4.78, 5) is 4.51. The van der Waals surface area contributed by atoms with Crippen LogP contribution in [0, 0.1) is 0 Å². The van der Waals surface area contributed by atoms with Crippen molar-refractivity contribution in [3.63, 3.8) is 0 Å². The fourth-order valence-corrected chi connectivity index (χ4v) is 3.84. The Labute approximate surface area is 164 Å². The highest BCUT2D eigenvalue weighted by Crippen LogP contribution is 2.47. The van der Waals surface area contributed by atoms with Gasteiger partial charge in [-0.2, -0.15) is 5.10 Å². The highest BCUT2D eigenvalue weighted by atomic mass is 16.5. The van der Waals surface area contributed by atoms with Crippen LogP contribution in [0.2, 0.25) is 0 Å². The van der Waals surface area contributed by atoms with E-state index in [1.54, 1.807) is 6.20 Å². The predicted molar refractivity (Wildman–Crippen MR) is 107 cm³/mol. The molecule has 0 N–H and O–H groups in total. The number of pyridine rings is 1. The van der Waals surface area contributed by atoms with Crippen LogP contribution in [0.3, 0.4) is 0 Å². The lowest BCUT2D eigenvalue weighted by Crippen LogP contribution is -2.34. The zero-order chi connectivity index (χ0) is 18.9. The number of hydrogen-bond acceptors (Lipinski definition) is 5. The molecule has 28 heavy (non-hydrogen) atoms. The van der Waals surface area contributed by atoms with E-state index in [1.165, 1.54) is 5.56 Å². The SMILES string of the molecule is CCOc1ccc(C2=NN3[C@H](C2)c2ccccc2O[C@H]3c2ccccn2)cc1. The minimum Gasteiger partial charge on any atom is -0.494 e. The van der Waals surface area contributed by atoms with Gasteiger partial charge in [0.15, 0.2) is 0 Å². The Morgan fingerprint density at radius 1 is 1.04 bits per heavy atom. The van der Waals surface area contributed by atoms with Crippen molar-refractivity contribution in [2.24, 2.45) is 5.10 Å². The molecule has 2 aromatic carbocycles. The lowest BCUT2D eigenvalue weighted by molar-refractivity contribution is -0.0218. The maximum Gasteiger partial charge on any atom is 0.230 e. The van der Waals surface area contributed by atoms with Crippen molar-refractivity contribution in [1.29, 1.82) is 0 Å². The van der Waals surface area contributed by atoms with Crippen molar-refractivity contribution in [2.45, 2.75) is 25.6 Å². The zero-order valence-corrected chi connectivity index (χ0v) is 15.7. The summed E-state index contributed by atoms with van der Waals surface area (Å²) in [5.41, 5.74) is 4.18. The van der Waals surface area contributed by atoms with Crippen molar-refractivity contribution in [3.05, 3.63) is 89.7 Å². The number of fused-ring (bicyclic) bond motifs is 3. The van der Waals surface area contributed by atoms with Crippen molar-refractivity contribution in [2.75, 3.05) is 6.61 Å². The lowest BCUT2D eigenvalue weighted by Gasteiger charge is -2.37. The second kappa shape index (κ2) is 7.00. The number of para-hydroxylation sites is 1. The summed E-state index contributed by atoms with van der Waals surface area (Å²) < 4.78 is 11.9. The van der Waals surface area contributed by atoms with Crippen LogP contribution in [-0.4, -0.2) is 22.3 Å². The van der Waals surface area contributed by atoms with Crippen molar-refractivity contribution in [3.8, 4) is 11.5 Å². The molecule has 0 radical (unpaired) electrons. The molecule has 0 unspecified atom stereocenters. The van der Waals surface area contributed by atoms with Crippen LogP contribution in [0.25, 0.3) is 0 Å². The van der Waals surface area contributed by atoms with E-state index in [1.807, 2.05) is 49.4 Å². The molecule has 2 atom stereocenters. The third-order valence-electron chi connectivity index (χ3n) is 5.14. The van der Waals surface area contributed by atoms with Crippen LogP contribution < -0.4 is 9.47 Å². The molecule has 2 aliphatic rings. The van der Waals surface area contributed by atoms with E-state index < -0.39 is 0 Å². The van der Waals surface area contributed by atoms with Gasteiger partial charge in [0.1, 0.15) is 17.2 Å². The minimum atomic E-state index is -0.332. The van der Waals surface area contributed by atoms with Gasteiger partial charge in [-0.05, 0) is 55.0 Å². The van der Waals surface area contributed by atoms with Gasteiger partial charge in [0.25, 0.3) is 0 Å². The summed E-state index contributed by atoms with van der Waals surface area (Å²) in [6.07, 6.45) is 2.29. The smallest absolute Gasteiger partial charge is 0.230 e. The van der Waals surface area contributed by atoms with Crippen LogP contribution >= 0.6 is 0 Å². The van der Waals surface area contributed by atoms with Gasteiger partial charge in [-0.3, -0.25) is 4.98 Å². The first-order valence-electron chi connectivity index (χ1n) is 9.59. The molecule has 3 heterocycles. The van der Waals surface area contributed by atoms with E-state index in [-0.39, 0.29) is 12.3 Å². The molecule has 5 rings (SSSR count). The van der Waals surface area contributed by atoms with E-state index in [9.17, 15) is 0 Å². The quantitative estimate of drug-likeness (QED) is 0.666. The van der Waals surface area contributed by atoms with Crippen LogP contribution in [0.15, 0.2) is 78.0 Å². The Morgan fingerprint density at radius 3 is 2.64 bits per heavy atom. The van der Waals surface area contributed by atoms with Crippen LogP contribution in [0.5, 0.6) is 11.5 Å². The molecule has 2 aliphatic heterocycles. The van der Waals surface area contributed by atoms with Crippen molar-refractivity contribution < 1.29 is 9.47 Å². The van der Waals surface area contributed by atoms with Gasteiger partial charge < -0.3 is 9.47 Å². The molecule has 0 saturated carbocycles. The number of aromatic nitrogens is 1. The van der Waals surface area contributed by atoms with Gasteiger partial charge in [0.05, 0.1) is 18.4 Å². The molecule has 0 fully saturated rings. The highest BCUT2D eigenvalue weighted by Gasteiger charge is 2.41. The normalized spacial score (nSPS) is 20.0. The molecule has 1 aromatic heterocycles. The van der Waals surface area contributed by atoms with Crippen molar-refractivity contribution >= 4 is 5.71 Å². The molecule has 0 aliphatic carbocycles. The van der Waals surface area contributed by atoms with Crippen LogP contribution in [-0.2, 0) is 0 Å². The molecule has 0 amide bonds. The van der Waals surface area contributed by atoms with Gasteiger partial charge in [0, 0.05) is 18.2 Å². The summed E-state index contributed by atoms with van der Waals surface area (Å²) in [7, 11) is 0. The highest BCUT2D eigenvalue weighted by molar-refractivity contribution is 6.02. The Kier molecular flexibility index (Phi) is 4.20. The third kappa shape index (κ3) is 2.89. The van der Waals surface area contributed by atoms with Crippen LogP contribution in [0.4, 0.5) is 0 Å². The Bertz CT molecular complexity index is 1000. The Hall–Kier alpha value is -3.34. The topological polar surface area (TPSA) is 47.0 Å². The van der Waals surface area contributed by atoms with Gasteiger partial charge in [0.2, 0.25) is 6.23 Å². The number of hydrazone groups is 1. The molecule has 0 bridgehead atoms. The summed E-state index contributed by atoms with van der Waals surface area (Å²) >= 11 is 0. The summed E-state index contributed by atoms with van der Waals surface area (Å²) in [5, 5.41) is 7.01. The average molecular weight is 371 g/mol. The van der Waals surface area contributed by atoms with E-state index in [0.717, 1.165) is 34.9 Å². The largest absolute Gasteiger partial charge is 0.494 e. The maximum absolute atomic E-state index is 6.30. The first-order valence-corrected chi connectivity index (χ1v) is 9.59. The minimum absolute atomic E-state index is 0.138. The fraction of sp³-hybridized carbons (Fsp3) is 0.217. The maximum atomic E-state index is 6.30. The van der Waals surface area contributed by atoms with E-state index in [2.05, 4.69) is 34.3 Å². The van der Waals surface area contributed by atoms with Gasteiger partial charge in [-0.1, -0.05) is 24.3 Å². The van der Waals surface area contributed by atoms with Crippen molar-refractivity contribution in [1.82, 2.24) is 9.99 Å². The number of nitrogens with zero attached hydrogens (tertiary/aromatic N) is 3. The average Bonchev–Trinajstić information content (AvgIpc) is 3.20. The fourth-order valence-electron chi connectivity index (χ4n) is 3.84. The molecule has 0 spiro atoms. The first kappa shape index (κ1) is 16.8. The van der Waals surface area contributed by atoms with Gasteiger partial charge in [-0.25, -0.2) is 5.01 Å². The second-order valence-electron chi connectivity index (χ2n) is 6.87. The second-order valence-corrected chi connectivity index (χ2v) is 6.87. The third-order valence-corrected chi connectivity index (χ3v) is 5.14. The van der Waals surface area contributed by atoms with E-state index in [0.29, 0.717) is 6.61 Å². The molecule has 3 aromatic rings. The molecule has 0 saturated heterocycles. The van der Waals surface area contributed by atoms with E-state index in [4.69, 9.17) is 14.6 Å². The summed E-state index contributed by atoms with van der Waals surface area (Å²) in [6.45, 7) is 2.65. The zero-order valence-electron chi connectivity index (χ0n) is 15.7. The lowest BCUT2D eigenvalue weighted by atomic mass is 9.96. The molecule has 140 valence electrons. The number of benzene rings is 2. The predicted octanol–water partition coefficient (Wildman–Crippen LogP) is 4.72. The van der Waals surface area contributed by atoms with E-state index >= 15 is 0 Å². The number of rotatable bonds is 4. The molecule has 5 nitrogen and oxygen atoms in total. The number of ether oxygens (including phenoxy) is 2. The summed E-state index contributed by atoms with van der Waals surface area (Å²) in [6, 6.07) is 22.4. The van der Waals surface area contributed by atoms with Crippen LogP contribution in [0.1, 0.15) is 42.4 Å². The Morgan fingerprint density at radius 2 is 1.86 bits per heavy atom. The molecular formula is C23H21N3O2. The standard InChI is InChI=1S/C23H21N3O2/c1-2-27-17-12-10-16(11-13-17)20-15-21-18-7-3-4-9-22(18)28-23(26(21)25-20)19-8-5-6-14-24-19/h3-14,21,23H,2,15H2,1H3/t21-,23+/m1/s1. The molecule has 5 heteroatoms. The summed E-state index contributed by atoms with van der Waals surface area (Å²) in [5.74, 6) is 1.78. The monoisotopic (exact) mass is 371 g/mol. The van der Waals surface area contributed by atoms with Gasteiger partial charge in [-0.15, -0.1) is 0 Å².